The number of nitrogens with two attached hydrogens (primary N) is 1. The summed E-state index contributed by atoms with van der Waals surface area (Å²) in [5.41, 5.74) is 0. The average molecular weight is 413 g/mol. The highest BCUT2D eigenvalue weighted by Gasteiger charge is 2.42. The van der Waals surface area contributed by atoms with E-state index in [0.29, 0.717) is 0 Å². The van der Waals surface area contributed by atoms with Gasteiger partial charge in [0.25, 0.3) is 0 Å². The predicted molar refractivity (Wildman–Crippen MR) is 73.9 cm³/mol. The van der Waals surface area contributed by atoms with Gasteiger partial charge in [-0.3, -0.25) is 9.36 Å². The first-order valence-corrected chi connectivity index (χ1v) is 10.5. The fraction of sp³-hybridized carbons (Fsp3) is 1.00. The van der Waals surface area contributed by atoms with Crippen LogP contribution in [0.4, 0.5) is 0 Å². The molecular weight excluding hydrogens is 398 g/mol. The van der Waals surface area contributed by atoms with E-state index >= 15 is 0 Å². The Morgan fingerprint density at radius 2 is 1.75 bits per heavy atom. The van der Waals surface area contributed by atoms with Gasteiger partial charge in [-0.1, -0.05) is 0 Å². The second-order valence-corrected chi connectivity index (χ2v) is 8.75. The van der Waals surface area contributed by atoms with E-state index < -0.39 is 48.3 Å². The number of hydrogen-bond acceptors (Lipinski definition) is 10. The summed E-state index contributed by atoms with van der Waals surface area (Å²) in [6.07, 6.45) is -1.52. The smallest absolute Gasteiger partial charge is 0.380 e. The van der Waals surface area contributed by atoms with Gasteiger partial charge in [0.2, 0.25) is 0 Å². The zero-order valence-electron chi connectivity index (χ0n) is 11.8. The average Bonchev–Trinajstić information content (AvgIpc) is 2.70. The topological polar surface area (TPSA) is 214 Å². The van der Waals surface area contributed by atoms with Gasteiger partial charge in [-0.05, 0) is 6.42 Å². The van der Waals surface area contributed by atoms with Crippen molar-refractivity contribution >= 4 is 31.3 Å². The third-order valence-corrected chi connectivity index (χ3v) is 6.20. The van der Waals surface area contributed by atoms with E-state index in [4.69, 9.17) is 37.9 Å². The SMILES string of the molecule is [B][C@H]1C[C@@H](OCON)[C@@H](COP(=O)(O)OP(=O)(O)OP(=O)(O)O)O1. The van der Waals surface area contributed by atoms with E-state index in [1.807, 2.05) is 0 Å². The summed E-state index contributed by atoms with van der Waals surface area (Å²) in [5.74, 6) is 4.78. The van der Waals surface area contributed by atoms with E-state index in [0.717, 1.165) is 0 Å². The molecule has 0 aromatic carbocycles. The molecule has 0 aromatic rings. The van der Waals surface area contributed by atoms with Crippen LogP contribution in [-0.4, -0.2) is 59.0 Å². The van der Waals surface area contributed by atoms with Crippen LogP contribution in [0.25, 0.3) is 0 Å². The van der Waals surface area contributed by atoms with E-state index in [1.54, 1.807) is 0 Å². The number of ether oxygens (including phenoxy) is 2. The van der Waals surface area contributed by atoms with Crippen LogP contribution in [0.2, 0.25) is 0 Å². The number of phosphoric ester groups is 1. The van der Waals surface area contributed by atoms with E-state index in [-0.39, 0.29) is 13.2 Å². The fourth-order valence-electron chi connectivity index (χ4n) is 1.67. The minimum atomic E-state index is -5.58. The molecule has 1 fully saturated rings. The first-order valence-electron chi connectivity index (χ1n) is 5.96. The number of rotatable bonds is 10. The van der Waals surface area contributed by atoms with Crippen molar-refractivity contribution in [3.05, 3.63) is 0 Å². The van der Waals surface area contributed by atoms with Crippen molar-refractivity contribution in [2.45, 2.75) is 24.6 Å². The first-order chi connectivity index (χ1) is 10.8. The molecular formula is C6H15BNO13P3. The van der Waals surface area contributed by atoms with Gasteiger partial charge in [0, 0.05) is 6.00 Å². The van der Waals surface area contributed by atoms with Crippen LogP contribution >= 0.6 is 23.5 Å². The van der Waals surface area contributed by atoms with Crippen molar-refractivity contribution in [1.82, 2.24) is 0 Å². The Bertz CT molecular complexity index is 554. The molecule has 0 amide bonds. The van der Waals surface area contributed by atoms with Crippen LogP contribution in [0.3, 0.4) is 0 Å². The van der Waals surface area contributed by atoms with Crippen molar-refractivity contribution < 1.29 is 60.7 Å². The summed E-state index contributed by atoms with van der Waals surface area (Å²) in [5, 5.41) is 0. The molecule has 14 nitrogen and oxygen atoms in total. The van der Waals surface area contributed by atoms with E-state index in [2.05, 4.69) is 18.0 Å². The van der Waals surface area contributed by atoms with Crippen molar-refractivity contribution in [2.75, 3.05) is 13.4 Å². The Labute approximate surface area is 137 Å². The molecule has 0 aliphatic carbocycles. The maximum absolute atomic E-state index is 11.5. The molecule has 2 radical (unpaired) electrons. The summed E-state index contributed by atoms with van der Waals surface area (Å²) in [6.45, 7) is -1.00. The summed E-state index contributed by atoms with van der Waals surface area (Å²) in [4.78, 5) is 39.3. The predicted octanol–water partition coefficient (Wildman–Crippen LogP) is -1.15. The van der Waals surface area contributed by atoms with Crippen LogP contribution < -0.4 is 5.90 Å². The summed E-state index contributed by atoms with van der Waals surface area (Å²) in [6, 6.07) is -0.776. The second kappa shape index (κ2) is 8.80. The van der Waals surface area contributed by atoms with Crippen LogP contribution in [-0.2, 0) is 41.2 Å². The molecule has 1 aliphatic rings. The Morgan fingerprint density at radius 1 is 1.12 bits per heavy atom. The molecule has 1 rings (SSSR count). The monoisotopic (exact) mass is 413 g/mol. The van der Waals surface area contributed by atoms with Gasteiger partial charge in [0.15, 0.2) is 6.79 Å². The summed E-state index contributed by atoms with van der Waals surface area (Å²) < 4.78 is 54.9. The molecule has 0 spiro atoms. The lowest BCUT2D eigenvalue weighted by atomic mass is 9.96. The number of hydrogen-bond donors (Lipinski definition) is 5. The summed E-state index contributed by atoms with van der Waals surface area (Å²) >= 11 is 0. The second-order valence-electron chi connectivity index (χ2n) is 4.33. The minimum Gasteiger partial charge on any atom is -0.380 e. The lowest BCUT2D eigenvalue weighted by Gasteiger charge is -2.21. The van der Waals surface area contributed by atoms with E-state index in [1.165, 1.54) is 0 Å². The van der Waals surface area contributed by atoms with Crippen LogP contribution in [0, 0.1) is 0 Å². The summed E-state index contributed by atoms with van der Waals surface area (Å²) in [7, 11) is -10.8. The maximum atomic E-state index is 11.5. The quantitative estimate of drug-likeness (QED) is 0.124. The van der Waals surface area contributed by atoms with Crippen molar-refractivity contribution in [1.29, 1.82) is 0 Å². The van der Waals surface area contributed by atoms with Gasteiger partial charge in [-0.25, -0.2) is 19.6 Å². The fourth-order valence-corrected chi connectivity index (χ4v) is 4.70. The maximum Gasteiger partial charge on any atom is 0.490 e. The Balaban J connectivity index is 2.59. The molecule has 0 saturated carbocycles. The molecule has 1 heterocycles. The molecule has 140 valence electrons. The molecule has 0 aromatic heterocycles. The van der Waals surface area contributed by atoms with Gasteiger partial charge >= 0.3 is 23.5 Å². The Morgan fingerprint density at radius 3 is 2.29 bits per heavy atom. The zero-order chi connectivity index (χ0) is 18.6. The Hall–Kier alpha value is 0.315. The van der Waals surface area contributed by atoms with Gasteiger partial charge in [0.1, 0.15) is 14.0 Å². The highest BCUT2D eigenvalue weighted by Crippen LogP contribution is 2.66. The van der Waals surface area contributed by atoms with Gasteiger partial charge in [-0.2, -0.15) is 8.62 Å². The van der Waals surface area contributed by atoms with Crippen LogP contribution in [0.5, 0.6) is 0 Å². The van der Waals surface area contributed by atoms with Gasteiger partial charge in [0.05, 0.1) is 12.7 Å². The van der Waals surface area contributed by atoms with Crippen molar-refractivity contribution in [3.63, 3.8) is 0 Å². The third kappa shape index (κ3) is 8.61. The largest absolute Gasteiger partial charge is 0.490 e. The highest BCUT2D eigenvalue weighted by molar-refractivity contribution is 7.66. The molecule has 24 heavy (non-hydrogen) atoms. The minimum absolute atomic E-state index is 0.174. The van der Waals surface area contributed by atoms with Gasteiger partial charge in [-0.15, -0.1) is 0 Å². The molecule has 5 atom stereocenters. The highest BCUT2D eigenvalue weighted by atomic mass is 31.3. The first kappa shape index (κ1) is 22.4. The standard InChI is InChI=1S/C6H15BNO13P3/c7-6-1-4(16-3-17-8)5(19-6)2-18-23(12,13)21-24(14,15)20-22(9,10)11/h4-6H,1-3,8H2,(H,12,13)(H,14,15)(H2,9,10,11)/t4-,5-,6-/m1/s1. The normalized spacial score (nSPS) is 30.0. The molecule has 2 unspecified atom stereocenters. The molecule has 0 bridgehead atoms. The molecule has 1 saturated heterocycles. The van der Waals surface area contributed by atoms with Crippen molar-refractivity contribution in [3.8, 4) is 0 Å². The number of phosphoric acid groups is 3. The zero-order valence-corrected chi connectivity index (χ0v) is 14.5. The van der Waals surface area contributed by atoms with Gasteiger partial charge < -0.3 is 29.0 Å². The Kier molecular flexibility index (Phi) is 8.20. The van der Waals surface area contributed by atoms with Crippen LogP contribution in [0.15, 0.2) is 0 Å². The van der Waals surface area contributed by atoms with Crippen molar-refractivity contribution in [2.24, 2.45) is 5.90 Å². The van der Waals surface area contributed by atoms with E-state index in [9.17, 15) is 18.6 Å². The molecule has 1 aliphatic heterocycles. The third-order valence-electron chi connectivity index (χ3n) is 2.40. The van der Waals surface area contributed by atoms with Crippen LogP contribution in [0.1, 0.15) is 6.42 Å². The lowest BCUT2D eigenvalue weighted by Crippen LogP contribution is -2.30. The molecule has 18 heteroatoms. The molecule has 6 N–H and O–H groups in total. The lowest BCUT2D eigenvalue weighted by molar-refractivity contribution is -0.115.